The van der Waals surface area contributed by atoms with Gasteiger partial charge in [-0.15, -0.1) is 0 Å². The lowest BCUT2D eigenvalue weighted by Crippen LogP contribution is -2.61. The summed E-state index contributed by atoms with van der Waals surface area (Å²) in [6.45, 7) is 6.31. The largest absolute Gasteiger partial charge is 0.307 e. The van der Waals surface area contributed by atoms with Crippen molar-refractivity contribution in [2.75, 3.05) is 46.9 Å². The van der Waals surface area contributed by atoms with Gasteiger partial charge in [0.05, 0.1) is 0 Å². The van der Waals surface area contributed by atoms with E-state index in [1.54, 1.807) is 0 Å². The molecule has 0 unspecified atom stereocenters. The first-order valence-electron chi connectivity index (χ1n) is 5.30. The Balaban J connectivity index is 1.76. The molecule has 1 N–H and O–H groups in total. The molecule has 0 aromatic carbocycles. The summed E-state index contributed by atoms with van der Waals surface area (Å²) in [6, 6.07) is 0. The van der Waals surface area contributed by atoms with Crippen molar-refractivity contribution in [2.24, 2.45) is 5.41 Å². The number of rotatable bonds is 2. The average Bonchev–Trinajstić information content (AvgIpc) is 2.07. The maximum atomic E-state index is 3.22. The number of likely N-dealkylation sites (tertiary alicyclic amines) is 2. The van der Waals surface area contributed by atoms with E-state index in [9.17, 15) is 0 Å². The Morgan fingerprint density at radius 3 is 2.38 bits per heavy atom. The molecule has 3 nitrogen and oxygen atoms in total. The molecule has 2 rings (SSSR count). The van der Waals surface area contributed by atoms with Crippen LogP contribution in [0.2, 0.25) is 0 Å². The Bertz CT molecular complexity index is 165. The van der Waals surface area contributed by atoms with Gasteiger partial charge in [-0.3, -0.25) is 4.90 Å². The molecule has 2 saturated heterocycles. The van der Waals surface area contributed by atoms with Crippen LogP contribution in [-0.4, -0.2) is 56.7 Å². The van der Waals surface area contributed by atoms with Gasteiger partial charge in [-0.05, 0) is 45.4 Å². The first-order valence-corrected chi connectivity index (χ1v) is 5.30. The van der Waals surface area contributed by atoms with Gasteiger partial charge >= 0.3 is 0 Å². The van der Waals surface area contributed by atoms with E-state index in [4.69, 9.17) is 0 Å². The van der Waals surface area contributed by atoms with Crippen molar-refractivity contribution in [3.8, 4) is 0 Å². The minimum atomic E-state index is 0.698. The summed E-state index contributed by atoms with van der Waals surface area (Å²) in [5, 5.41) is 3.22. The first-order chi connectivity index (χ1) is 6.24. The monoisotopic (exact) mass is 183 g/mol. The Morgan fingerprint density at radius 2 is 1.85 bits per heavy atom. The average molecular weight is 183 g/mol. The molecule has 1 spiro atoms. The molecule has 0 radical (unpaired) electrons. The highest BCUT2D eigenvalue weighted by Gasteiger charge is 2.43. The third-order valence-electron chi connectivity index (χ3n) is 3.55. The van der Waals surface area contributed by atoms with Crippen molar-refractivity contribution in [3.05, 3.63) is 0 Å². The molecule has 0 aromatic heterocycles. The minimum Gasteiger partial charge on any atom is -0.307 e. The maximum absolute atomic E-state index is 3.22. The number of hydrogen-bond donors (Lipinski definition) is 1. The quantitative estimate of drug-likeness (QED) is 0.659. The molecule has 13 heavy (non-hydrogen) atoms. The van der Waals surface area contributed by atoms with Gasteiger partial charge in [0.15, 0.2) is 0 Å². The maximum Gasteiger partial charge on any atom is 0.0478 e. The fourth-order valence-electron chi connectivity index (χ4n) is 2.65. The van der Waals surface area contributed by atoms with Crippen LogP contribution in [0.5, 0.6) is 0 Å². The lowest BCUT2D eigenvalue weighted by atomic mass is 9.72. The van der Waals surface area contributed by atoms with Crippen LogP contribution in [0.15, 0.2) is 0 Å². The third kappa shape index (κ3) is 1.87. The van der Waals surface area contributed by atoms with Crippen LogP contribution in [0.3, 0.4) is 0 Å². The molecule has 0 amide bonds. The van der Waals surface area contributed by atoms with E-state index in [1.807, 2.05) is 7.05 Å². The highest BCUT2D eigenvalue weighted by molar-refractivity contribution is 4.97. The number of piperidine rings is 1. The van der Waals surface area contributed by atoms with Gasteiger partial charge in [-0.2, -0.15) is 0 Å². The lowest BCUT2D eigenvalue weighted by molar-refractivity contribution is -0.0449. The number of nitrogens with zero attached hydrogens (tertiary/aromatic N) is 2. The van der Waals surface area contributed by atoms with Crippen LogP contribution in [0, 0.1) is 5.41 Å². The minimum absolute atomic E-state index is 0.698. The molecular formula is C10H21N3. The summed E-state index contributed by atoms with van der Waals surface area (Å²) in [7, 11) is 4.26. The lowest BCUT2D eigenvalue weighted by Gasteiger charge is -2.53. The first kappa shape index (κ1) is 9.44. The molecule has 2 heterocycles. The predicted octanol–water partition coefficient (Wildman–Crippen LogP) is 0.191. The molecule has 3 heteroatoms. The fourth-order valence-corrected chi connectivity index (χ4v) is 2.65. The highest BCUT2D eigenvalue weighted by Crippen LogP contribution is 2.39. The van der Waals surface area contributed by atoms with E-state index in [-0.39, 0.29) is 0 Å². The fraction of sp³-hybridized carbons (Fsp3) is 1.00. The molecule has 0 saturated carbocycles. The van der Waals surface area contributed by atoms with Crippen LogP contribution in [0.25, 0.3) is 0 Å². The highest BCUT2D eigenvalue weighted by atomic mass is 15.3. The molecule has 0 bridgehead atoms. The summed E-state index contributed by atoms with van der Waals surface area (Å²) >= 11 is 0. The second-order valence-electron chi connectivity index (χ2n) is 4.80. The Morgan fingerprint density at radius 1 is 1.23 bits per heavy atom. The van der Waals surface area contributed by atoms with E-state index in [0.717, 1.165) is 6.67 Å². The van der Waals surface area contributed by atoms with Crippen molar-refractivity contribution >= 4 is 0 Å². The van der Waals surface area contributed by atoms with Crippen LogP contribution in [0.1, 0.15) is 12.8 Å². The van der Waals surface area contributed by atoms with E-state index in [0.29, 0.717) is 5.41 Å². The van der Waals surface area contributed by atoms with E-state index < -0.39 is 0 Å². The van der Waals surface area contributed by atoms with Crippen molar-refractivity contribution in [1.29, 1.82) is 0 Å². The predicted molar refractivity (Wildman–Crippen MR) is 54.7 cm³/mol. The van der Waals surface area contributed by atoms with Gasteiger partial charge in [-0.25, -0.2) is 0 Å². The standard InChI is InChI=1S/C10H21N3/c1-11-9-13-7-10(8-13)3-5-12(2)6-4-10/h11H,3-9H2,1-2H3. The van der Waals surface area contributed by atoms with Crippen LogP contribution >= 0.6 is 0 Å². The summed E-state index contributed by atoms with van der Waals surface area (Å²) in [5.74, 6) is 0. The molecule has 2 aliphatic rings. The zero-order chi connectivity index (χ0) is 9.31. The van der Waals surface area contributed by atoms with Gasteiger partial charge in [0.25, 0.3) is 0 Å². The van der Waals surface area contributed by atoms with E-state index in [1.165, 1.54) is 39.0 Å². The molecule has 0 aliphatic carbocycles. The zero-order valence-corrected chi connectivity index (χ0v) is 8.84. The van der Waals surface area contributed by atoms with Crippen LogP contribution < -0.4 is 5.32 Å². The normalized spacial score (nSPS) is 29.1. The Kier molecular flexibility index (Phi) is 2.58. The third-order valence-corrected chi connectivity index (χ3v) is 3.55. The smallest absolute Gasteiger partial charge is 0.0478 e. The molecule has 76 valence electrons. The van der Waals surface area contributed by atoms with Gasteiger partial charge in [0, 0.05) is 19.8 Å². The van der Waals surface area contributed by atoms with Gasteiger partial charge < -0.3 is 10.2 Å². The molecule has 0 aromatic rings. The van der Waals surface area contributed by atoms with Crippen LogP contribution in [0.4, 0.5) is 0 Å². The molecule has 2 aliphatic heterocycles. The summed E-state index contributed by atoms with van der Waals surface area (Å²) in [5.41, 5.74) is 0.698. The van der Waals surface area contributed by atoms with Gasteiger partial charge in [0.2, 0.25) is 0 Å². The van der Waals surface area contributed by atoms with Crippen molar-refractivity contribution in [3.63, 3.8) is 0 Å². The van der Waals surface area contributed by atoms with Gasteiger partial charge in [-0.1, -0.05) is 0 Å². The van der Waals surface area contributed by atoms with Crippen molar-refractivity contribution < 1.29 is 0 Å². The second-order valence-corrected chi connectivity index (χ2v) is 4.80. The van der Waals surface area contributed by atoms with Crippen molar-refractivity contribution in [2.45, 2.75) is 12.8 Å². The second kappa shape index (κ2) is 3.56. The molecule has 2 fully saturated rings. The summed E-state index contributed by atoms with van der Waals surface area (Å²) in [4.78, 5) is 4.96. The van der Waals surface area contributed by atoms with E-state index >= 15 is 0 Å². The molecular weight excluding hydrogens is 162 g/mol. The zero-order valence-electron chi connectivity index (χ0n) is 8.84. The van der Waals surface area contributed by atoms with Crippen LogP contribution in [-0.2, 0) is 0 Å². The topological polar surface area (TPSA) is 18.5 Å². The SMILES string of the molecule is CNCN1CC2(CCN(C)CC2)C1. The Labute approximate surface area is 81.1 Å². The number of nitrogens with one attached hydrogen (secondary N) is 1. The molecule has 0 atom stereocenters. The summed E-state index contributed by atoms with van der Waals surface area (Å²) < 4.78 is 0. The van der Waals surface area contributed by atoms with Gasteiger partial charge in [0.1, 0.15) is 0 Å². The van der Waals surface area contributed by atoms with Crippen molar-refractivity contribution in [1.82, 2.24) is 15.1 Å². The number of hydrogen-bond acceptors (Lipinski definition) is 3. The summed E-state index contributed by atoms with van der Waals surface area (Å²) in [6.07, 6.45) is 2.81. The Hall–Kier alpha value is -0.120. The van der Waals surface area contributed by atoms with E-state index in [2.05, 4.69) is 22.2 Å².